The van der Waals surface area contributed by atoms with Crippen LogP contribution >= 0.6 is 0 Å². The van der Waals surface area contributed by atoms with Gasteiger partial charge < -0.3 is 15.0 Å². The van der Waals surface area contributed by atoms with Gasteiger partial charge in [-0.1, -0.05) is 44.2 Å². The average molecular weight is 292 g/mol. The molecule has 0 aliphatic rings. The molecule has 0 aliphatic heterocycles. The summed E-state index contributed by atoms with van der Waals surface area (Å²) in [6, 6.07) is 8.59. The summed E-state index contributed by atoms with van der Waals surface area (Å²) in [5.74, 6) is -0.0726. The zero-order valence-electron chi connectivity index (χ0n) is 13.1. The van der Waals surface area contributed by atoms with Gasteiger partial charge in [-0.25, -0.2) is 9.59 Å². The van der Waals surface area contributed by atoms with Crippen LogP contribution in [0.5, 0.6) is 0 Å². The first-order chi connectivity index (χ1) is 9.93. The fourth-order valence-corrected chi connectivity index (χ4v) is 2.08. The molecule has 1 rings (SSSR count). The van der Waals surface area contributed by atoms with E-state index in [0.29, 0.717) is 18.9 Å². The Labute approximate surface area is 126 Å². The van der Waals surface area contributed by atoms with Crippen molar-refractivity contribution in [3.8, 4) is 0 Å². The number of nitrogens with zero attached hydrogens (tertiary/aromatic N) is 1. The highest BCUT2D eigenvalue weighted by molar-refractivity contribution is 5.83. The lowest BCUT2D eigenvalue weighted by Gasteiger charge is -2.23. The lowest BCUT2D eigenvalue weighted by Crippen LogP contribution is -2.48. The van der Waals surface area contributed by atoms with E-state index < -0.39 is 12.0 Å². The third-order valence-electron chi connectivity index (χ3n) is 3.05. The van der Waals surface area contributed by atoms with Crippen LogP contribution in [0.1, 0.15) is 19.4 Å². The SMILES string of the molecule is COC(=O)C(Cc1ccccc1)NC(=O)N(C)CC(C)C. The molecule has 2 amide bonds. The van der Waals surface area contributed by atoms with E-state index in [1.807, 2.05) is 44.2 Å². The van der Waals surface area contributed by atoms with Gasteiger partial charge in [0.2, 0.25) is 0 Å². The number of nitrogens with one attached hydrogen (secondary N) is 1. The van der Waals surface area contributed by atoms with Gasteiger partial charge >= 0.3 is 12.0 Å². The van der Waals surface area contributed by atoms with Crippen molar-refractivity contribution < 1.29 is 14.3 Å². The standard InChI is InChI=1S/C16H24N2O3/c1-12(2)11-18(3)16(20)17-14(15(19)21-4)10-13-8-6-5-7-9-13/h5-9,12,14H,10-11H2,1-4H3,(H,17,20). The number of ether oxygens (including phenoxy) is 1. The van der Waals surface area contributed by atoms with Crippen LogP contribution in [-0.2, 0) is 16.0 Å². The van der Waals surface area contributed by atoms with Gasteiger partial charge in [0.05, 0.1) is 7.11 Å². The Bertz CT molecular complexity index is 460. The van der Waals surface area contributed by atoms with Crippen molar-refractivity contribution in [3.63, 3.8) is 0 Å². The quantitative estimate of drug-likeness (QED) is 0.817. The number of methoxy groups -OCH3 is 1. The zero-order valence-corrected chi connectivity index (χ0v) is 13.1. The molecule has 5 nitrogen and oxygen atoms in total. The summed E-state index contributed by atoms with van der Waals surface area (Å²) in [4.78, 5) is 25.5. The molecule has 1 unspecified atom stereocenters. The number of hydrogen-bond donors (Lipinski definition) is 1. The van der Waals surface area contributed by atoms with Gasteiger partial charge in [-0.15, -0.1) is 0 Å². The number of hydrogen-bond acceptors (Lipinski definition) is 3. The first-order valence-electron chi connectivity index (χ1n) is 7.07. The maximum Gasteiger partial charge on any atom is 0.328 e. The van der Waals surface area contributed by atoms with Gasteiger partial charge in [0.15, 0.2) is 0 Å². The second kappa shape index (κ2) is 8.29. The average Bonchev–Trinajstić information content (AvgIpc) is 2.46. The summed E-state index contributed by atoms with van der Waals surface area (Å²) in [5.41, 5.74) is 0.972. The van der Waals surface area contributed by atoms with Crippen molar-refractivity contribution in [2.45, 2.75) is 26.3 Å². The van der Waals surface area contributed by atoms with Gasteiger partial charge in [0.25, 0.3) is 0 Å². The van der Waals surface area contributed by atoms with Gasteiger partial charge in [-0.05, 0) is 11.5 Å². The second-order valence-corrected chi connectivity index (χ2v) is 5.49. The van der Waals surface area contributed by atoms with Crippen LogP contribution in [-0.4, -0.2) is 43.6 Å². The minimum absolute atomic E-state index is 0.268. The molecule has 1 atom stereocenters. The molecular formula is C16H24N2O3. The second-order valence-electron chi connectivity index (χ2n) is 5.49. The van der Waals surface area contributed by atoms with E-state index in [9.17, 15) is 9.59 Å². The van der Waals surface area contributed by atoms with Gasteiger partial charge in [-0.2, -0.15) is 0 Å². The minimum atomic E-state index is -0.681. The number of urea groups is 1. The van der Waals surface area contributed by atoms with E-state index >= 15 is 0 Å². The third kappa shape index (κ3) is 5.85. The fourth-order valence-electron chi connectivity index (χ4n) is 2.08. The van der Waals surface area contributed by atoms with E-state index in [2.05, 4.69) is 5.32 Å². The predicted molar refractivity (Wildman–Crippen MR) is 81.9 cm³/mol. The topological polar surface area (TPSA) is 58.6 Å². The summed E-state index contributed by atoms with van der Waals surface area (Å²) in [7, 11) is 3.04. The summed E-state index contributed by atoms with van der Waals surface area (Å²) in [5, 5.41) is 2.73. The summed E-state index contributed by atoms with van der Waals surface area (Å²) in [6.45, 7) is 4.70. The molecule has 0 saturated carbocycles. The number of benzene rings is 1. The molecule has 0 bridgehead atoms. The number of carbonyl (C=O) groups excluding carboxylic acids is 2. The monoisotopic (exact) mass is 292 g/mol. The van der Waals surface area contributed by atoms with Crippen molar-refractivity contribution in [2.75, 3.05) is 20.7 Å². The fraction of sp³-hybridized carbons (Fsp3) is 0.500. The maximum absolute atomic E-state index is 12.1. The van der Waals surface area contributed by atoms with Crippen molar-refractivity contribution in [1.82, 2.24) is 10.2 Å². The van der Waals surface area contributed by atoms with E-state index in [-0.39, 0.29) is 6.03 Å². The molecule has 0 saturated heterocycles. The highest BCUT2D eigenvalue weighted by atomic mass is 16.5. The molecule has 116 valence electrons. The van der Waals surface area contributed by atoms with Gasteiger partial charge in [0.1, 0.15) is 6.04 Å². The predicted octanol–water partition coefficient (Wildman–Crippen LogP) is 2.07. The molecule has 1 aromatic rings. The Kier molecular flexibility index (Phi) is 6.72. The number of amides is 2. The van der Waals surface area contributed by atoms with Crippen LogP contribution in [0.15, 0.2) is 30.3 Å². The van der Waals surface area contributed by atoms with Crippen LogP contribution in [0.3, 0.4) is 0 Å². The van der Waals surface area contributed by atoms with Crippen LogP contribution in [0, 0.1) is 5.92 Å². The normalized spacial score (nSPS) is 11.9. The molecule has 0 heterocycles. The molecule has 21 heavy (non-hydrogen) atoms. The Balaban J connectivity index is 2.70. The van der Waals surface area contributed by atoms with Crippen molar-refractivity contribution in [3.05, 3.63) is 35.9 Å². The van der Waals surface area contributed by atoms with E-state index in [4.69, 9.17) is 4.74 Å². The molecule has 0 aromatic heterocycles. The Morgan fingerprint density at radius 2 is 1.86 bits per heavy atom. The van der Waals surface area contributed by atoms with Gasteiger partial charge in [0, 0.05) is 20.0 Å². The third-order valence-corrected chi connectivity index (χ3v) is 3.05. The van der Waals surface area contributed by atoms with Crippen LogP contribution in [0.2, 0.25) is 0 Å². The highest BCUT2D eigenvalue weighted by Crippen LogP contribution is 2.05. The van der Waals surface area contributed by atoms with Crippen molar-refractivity contribution in [1.29, 1.82) is 0 Å². The molecule has 0 radical (unpaired) electrons. The molecule has 1 N–H and O–H groups in total. The maximum atomic E-state index is 12.1. The van der Waals surface area contributed by atoms with E-state index in [1.54, 1.807) is 11.9 Å². The Morgan fingerprint density at radius 3 is 2.38 bits per heavy atom. The van der Waals surface area contributed by atoms with Crippen molar-refractivity contribution >= 4 is 12.0 Å². The first kappa shape index (κ1) is 17.0. The van der Waals surface area contributed by atoms with Crippen LogP contribution in [0.4, 0.5) is 4.79 Å². The van der Waals surface area contributed by atoms with E-state index in [0.717, 1.165) is 5.56 Å². The van der Waals surface area contributed by atoms with Crippen LogP contribution in [0.25, 0.3) is 0 Å². The molecule has 0 fully saturated rings. The Morgan fingerprint density at radius 1 is 1.24 bits per heavy atom. The smallest absolute Gasteiger partial charge is 0.328 e. The number of rotatable bonds is 6. The lowest BCUT2D eigenvalue weighted by molar-refractivity contribution is -0.142. The summed E-state index contributed by atoms with van der Waals surface area (Å²) in [6.07, 6.45) is 0.411. The highest BCUT2D eigenvalue weighted by Gasteiger charge is 2.23. The number of carbonyl (C=O) groups is 2. The van der Waals surface area contributed by atoms with Gasteiger partial charge in [-0.3, -0.25) is 0 Å². The van der Waals surface area contributed by atoms with Crippen LogP contribution < -0.4 is 5.32 Å². The van der Waals surface area contributed by atoms with Crippen molar-refractivity contribution in [2.24, 2.45) is 5.92 Å². The molecular weight excluding hydrogens is 268 g/mol. The first-order valence-corrected chi connectivity index (χ1v) is 7.07. The minimum Gasteiger partial charge on any atom is -0.467 e. The molecule has 0 aliphatic carbocycles. The summed E-state index contributed by atoms with van der Waals surface area (Å²) >= 11 is 0. The molecule has 0 spiro atoms. The van der Waals surface area contributed by atoms with E-state index in [1.165, 1.54) is 7.11 Å². The Hall–Kier alpha value is -2.04. The largest absolute Gasteiger partial charge is 0.467 e. The summed E-state index contributed by atoms with van der Waals surface area (Å²) < 4.78 is 4.77. The molecule has 5 heteroatoms. The lowest BCUT2D eigenvalue weighted by atomic mass is 10.1. The molecule has 1 aromatic carbocycles. The number of esters is 1. The zero-order chi connectivity index (χ0) is 15.8.